The molecule has 0 atom stereocenters. The van der Waals surface area contributed by atoms with Crippen molar-refractivity contribution in [2.24, 2.45) is 5.10 Å². The van der Waals surface area contributed by atoms with Gasteiger partial charge >= 0.3 is 0 Å². The van der Waals surface area contributed by atoms with E-state index in [1.54, 1.807) is 24.4 Å². The van der Waals surface area contributed by atoms with Gasteiger partial charge in [0.15, 0.2) is 11.5 Å². The topological polar surface area (TPSA) is 69.2 Å². The molecule has 0 saturated carbocycles. The van der Waals surface area contributed by atoms with E-state index in [1.807, 2.05) is 62.4 Å². The van der Waals surface area contributed by atoms with E-state index in [9.17, 15) is 4.79 Å². The van der Waals surface area contributed by atoms with Crippen molar-refractivity contribution in [3.63, 3.8) is 0 Å². The Balaban J connectivity index is 1.59. The minimum absolute atomic E-state index is 0.345. The van der Waals surface area contributed by atoms with Crippen LogP contribution in [0.4, 0.5) is 0 Å². The molecule has 7 heteroatoms. The number of carbonyl (C=O) groups is 1. The number of rotatable bonds is 11. The van der Waals surface area contributed by atoms with Gasteiger partial charge in [0.05, 0.1) is 19.4 Å². The van der Waals surface area contributed by atoms with E-state index < -0.39 is 0 Å². The first-order chi connectivity index (χ1) is 16.1. The molecular weight excluding hydrogens is 440 g/mol. The molecule has 172 valence electrons. The Kier molecular flexibility index (Phi) is 9.15. The summed E-state index contributed by atoms with van der Waals surface area (Å²) in [6.07, 6.45) is 2.45. The van der Waals surface area contributed by atoms with E-state index in [2.05, 4.69) is 10.5 Å². The molecule has 0 saturated heterocycles. The van der Waals surface area contributed by atoms with Crippen molar-refractivity contribution < 1.29 is 19.0 Å². The summed E-state index contributed by atoms with van der Waals surface area (Å²) in [5, 5.41) is 4.74. The van der Waals surface area contributed by atoms with Gasteiger partial charge in [-0.25, -0.2) is 5.43 Å². The van der Waals surface area contributed by atoms with Gasteiger partial charge in [0.25, 0.3) is 5.91 Å². The van der Waals surface area contributed by atoms with E-state index in [0.717, 1.165) is 17.5 Å². The Labute approximate surface area is 199 Å². The van der Waals surface area contributed by atoms with Gasteiger partial charge < -0.3 is 14.2 Å². The smallest absolute Gasteiger partial charge is 0.271 e. The number of hydrazone groups is 1. The van der Waals surface area contributed by atoms with E-state index in [1.165, 1.54) is 0 Å². The van der Waals surface area contributed by atoms with Gasteiger partial charge in [-0.15, -0.1) is 0 Å². The van der Waals surface area contributed by atoms with Crippen molar-refractivity contribution in [1.82, 2.24) is 5.43 Å². The van der Waals surface area contributed by atoms with Crippen LogP contribution in [-0.2, 0) is 6.61 Å². The molecule has 33 heavy (non-hydrogen) atoms. The third-order valence-electron chi connectivity index (χ3n) is 4.50. The first-order valence-electron chi connectivity index (χ1n) is 10.8. The van der Waals surface area contributed by atoms with Crippen molar-refractivity contribution in [1.29, 1.82) is 0 Å². The van der Waals surface area contributed by atoms with Crippen molar-refractivity contribution in [2.45, 2.75) is 26.9 Å². The van der Waals surface area contributed by atoms with Crippen molar-refractivity contribution in [2.75, 3.05) is 13.2 Å². The highest BCUT2D eigenvalue weighted by Gasteiger charge is 2.11. The maximum atomic E-state index is 12.5. The summed E-state index contributed by atoms with van der Waals surface area (Å²) in [5.41, 5.74) is 4.74. The SMILES string of the molecule is CCCOc1ccc(C(=O)N/N=C/c2cccc(OCc3cccc(Cl)c3)c2)cc1OCC. The minimum atomic E-state index is -0.345. The number of halogens is 1. The average Bonchev–Trinajstić information content (AvgIpc) is 2.82. The Morgan fingerprint density at radius 2 is 1.82 bits per heavy atom. The maximum absolute atomic E-state index is 12.5. The van der Waals surface area contributed by atoms with Crippen LogP contribution in [0, 0.1) is 0 Å². The van der Waals surface area contributed by atoms with Crippen LogP contribution in [0.15, 0.2) is 71.8 Å². The lowest BCUT2D eigenvalue weighted by molar-refractivity contribution is 0.0954. The van der Waals surface area contributed by atoms with Gasteiger partial charge in [-0.05, 0) is 66.9 Å². The second-order valence-electron chi connectivity index (χ2n) is 7.13. The fraction of sp³-hybridized carbons (Fsp3) is 0.231. The van der Waals surface area contributed by atoms with Crippen LogP contribution < -0.4 is 19.6 Å². The fourth-order valence-corrected chi connectivity index (χ4v) is 3.17. The summed E-state index contributed by atoms with van der Waals surface area (Å²) in [4.78, 5) is 12.5. The summed E-state index contributed by atoms with van der Waals surface area (Å²) in [7, 11) is 0. The standard InChI is InChI=1S/C26H27ClN2O4/c1-3-13-32-24-12-11-21(16-25(24)31-4-2)26(30)29-28-17-19-7-6-10-23(15-19)33-18-20-8-5-9-22(27)14-20/h5-12,14-17H,3-4,13,18H2,1-2H3,(H,29,30)/b28-17+. The van der Waals surface area contributed by atoms with E-state index >= 15 is 0 Å². The van der Waals surface area contributed by atoms with Gasteiger partial charge in [0, 0.05) is 10.6 Å². The first-order valence-corrected chi connectivity index (χ1v) is 11.2. The van der Waals surface area contributed by atoms with Crippen LogP contribution in [0.3, 0.4) is 0 Å². The largest absolute Gasteiger partial charge is 0.490 e. The first kappa shape index (κ1) is 24.1. The van der Waals surface area contributed by atoms with E-state index in [-0.39, 0.29) is 5.91 Å². The highest BCUT2D eigenvalue weighted by atomic mass is 35.5. The number of nitrogens with zero attached hydrogens (tertiary/aromatic N) is 1. The fourth-order valence-electron chi connectivity index (χ4n) is 2.96. The highest BCUT2D eigenvalue weighted by Crippen LogP contribution is 2.28. The molecule has 3 aromatic rings. The lowest BCUT2D eigenvalue weighted by atomic mass is 10.2. The molecule has 0 aromatic heterocycles. The predicted octanol–water partition coefficient (Wildman–Crippen LogP) is 5.87. The number of benzene rings is 3. The van der Waals surface area contributed by atoms with Gasteiger partial charge in [0.2, 0.25) is 0 Å². The zero-order valence-electron chi connectivity index (χ0n) is 18.7. The molecular formula is C26H27ClN2O4. The number of nitrogens with one attached hydrogen (secondary N) is 1. The van der Waals surface area contributed by atoms with Crippen molar-refractivity contribution in [3.8, 4) is 17.2 Å². The van der Waals surface area contributed by atoms with E-state index in [0.29, 0.717) is 47.7 Å². The number of hydrogen-bond donors (Lipinski definition) is 1. The highest BCUT2D eigenvalue weighted by molar-refractivity contribution is 6.30. The Morgan fingerprint density at radius 3 is 2.61 bits per heavy atom. The van der Waals surface area contributed by atoms with Crippen LogP contribution in [0.25, 0.3) is 0 Å². The monoisotopic (exact) mass is 466 g/mol. The average molecular weight is 467 g/mol. The molecule has 0 spiro atoms. The molecule has 0 aliphatic heterocycles. The van der Waals surface area contributed by atoms with Gasteiger partial charge in [-0.2, -0.15) is 5.10 Å². The molecule has 0 bridgehead atoms. The molecule has 0 radical (unpaired) electrons. The van der Waals surface area contributed by atoms with Crippen LogP contribution >= 0.6 is 11.6 Å². The Hall–Kier alpha value is -3.51. The molecule has 1 N–H and O–H groups in total. The quantitative estimate of drug-likeness (QED) is 0.283. The molecule has 6 nitrogen and oxygen atoms in total. The minimum Gasteiger partial charge on any atom is -0.490 e. The van der Waals surface area contributed by atoms with Gasteiger partial charge in [0.1, 0.15) is 12.4 Å². The molecule has 0 unspecified atom stereocenters. The molecule has 0 fully saturated rings. The molecule has 1 amide bonds. The summed E-state index contributed by atoms with van der Waals surface area (Å²) in [6.45, 7) is 5.37. The van der Waals surface area contributed by atoms with Gasteiger partial charge in [-0.1, -0.05) is 42.8 Å². The number of ether oxygens (including phenoxy) is 3. The van der Waals surface area contributed by atoms with E-state index in [4.69, 9.17) is 25.8 Å². The summed E-state index contributed by atoms with van der Waals surface area (Å²) >= 11 is 6.01. The molecule has 0 aliphatic carbocycles. The molecule has 3 aromatic carbocycles. The summed E-state index contributed by atoms with van der Waals surface area (Å²) in [5.74, 6) is 1.50. The molecule has 0 heterocycles. The van der Waals surface area contributed by atoms with Gasteiger partial charge in [-0.3, -0.25) is 4.79 Å². The van der Waals surface area contributed by atoms with Crippen LogP contribution in [0.1, 0.15) is 41.8 Å². The van der Waals surface area contributed by atoms with Crippen LogP contribution in [0.2, 0.25) is 5.02 Å². The number of hydrogen-bond acceptors (Lipinski definition) is 5. The lowest BCUT2D eigenvalue weighted by Gasteiger charge is -2.12. The molecule has 0 aliphatic rings. The zero-order chi connectivity index (χ0) is 23.5. The number of carbonyl (C=O) groups excluding carboxylic acids is 1. The van der Waals surface area contributed by atoms with Crippen LogP contribution in [0.5, 0.6) is 17.2 Å². The van der Waals surface area contributed by atoms with Crippen molar-refractivity contribution in [3.05, 3.63) is 88.4 Å². The predicted molar refractivity (Wildman–Crippen MR) is 131 cm³/mol. The lowest BCUT2D eigenvalue weighted by Crippen LogP contribution is -2.17. The third kappa shape index (κ3) is 7.54. The maximum Gasteiger partial charge on any atom is 0.271 e. The molecule has 3 rings (SSSR count). The number of amides is 1. The summed E-state index contributed by atoms with van der Waals surface area (Å²) in [6, 6.07) is 20.0. The van der Waals surface area contributed by atoms with Crippen molar-refractivity contribution >= 4 is 23.7 Å². The van der Waals surface area contributed by atoms with Crippen LogP contribution in [-0.4, -0.2) is 25.3 Å². The zero-order valence-corrected chi connectivity index (χ0v) is 19.5. The third-order valence-corrected chi connectivity index (χ3v) is 4.73. The second kappa shape index (κ2) is 12.5. The Bertz CT molecular complexity index is 1100. The summed E-state index contributed by atoms with van der Waals surface area (Å²) < 4.78 is 17.1. The normalized spacial score (nSPS) is 10.8. The second-order valence-corrected chi connectivity index (χ2v) is 7.57. The Morgan fingerprint density at radius 1 is 0.970 bits per heavy atom.